The minimum atomic E-state index is -1.53. The molecule has 1 saturated carbocycles. The van der Waals surface area contributed by atoms with Gasteiger partial charge < -0.3 is 26.0 Å². The smallest absolute Gasteiger partial charge is 0.423 e. The van der Waals surface area contributed by atoms with Crippen LogP contribution >= 0.6 is 0 Å². The minimum absolute atomic E-state index is 0.0287. The summed E-state index contributed by atoms with van der Waals surface area (Å²) in [5, 5.41) is 24.4. The lowest BCUT2D eigenvalue weighted by Crippen LogP contribution is -2.53. The van der Waals surface area contributed by atoms with E-state index in [2.05, 4.69) is 29.6 Å². The molecule has 5 N–H and O–H groups in total. The van der Waals surface area contributed by atoms with E-state index < -0.39 is 7.12 Å². The third kappa shape index (κ3) is 6.59. The number of nitrogens with one attached hydrogen (secondary N) is 1. The Morgan fingerprint density at radius 1 is 0.949 bits per heavy atom. The van der Waals surface area contributed by atoms with Gasteiger partial charge >= 0.3 is 7.12 Å². The monoisotopic (exact) mass is 531 g/mol. The summed E-state index contributed by atoms with van der Waals surface area (Å²) in [6, 6.07) is 12.1. The number of benzene rings is 2. The molecule has 2 aromatic carbocycles. The number of amides is 1. The Bertz CT molecular complexity index is 1120. The number of carbonyl (C=O) groups is 1. The van der Waals surface area contributed by atoms with Gasteiger partial charge in [0.25, 0.3) is 5.91 Å². The molecule has 0 aromatic heterocycles. The zero-order chi connectivity index (χ0) is 27.2. The Morgan fingerprint density at radius 2 is 1.62 bits per heavy atom. The zero-order valence-corrected chi connectivity index (χ0v) is 23.5. The molecule has 6 nitrogen and oxygen atoms in total. The van der Waals surface area contributed by atoms with Crippen molar-refractivity contribution in [2.24, 2.45) is 5.73 Å². The van der Waals surface area contributed by atoms with Gasteiger partial charge in [0, 0.05) is 37.3 Å². The van der Waals surface area contributed by atoms with Crippen LogP contribution in [0.25, 0.3) is 0 Å². The molecule has 0 radical (unpaired) electrons. The highest BCUT2D eigenvalue weighted by Crippen LogP contribution is 2.35. The van der Waals surface area contributed by atoms with Crippen LogP contribution in [0.15, 0.2) is 36.4 Å². The Hall–Kier alpha value is -2.19. The maximum Gasteiger partial charge on any atom is 0.488 e. The standard InChI is InChI=1S/C32H46BN3O3/c34-22-24-10-9-11-26(20-24)25-14-18-36(19-15-25)31(37)27-12-13-30(33(38)39)28-21-32(35-23-29(27)28)16-7-5-3-1-2-4-6-8-17-32/h9-13,20,25,35,38-39H,1-8,14-19,21-23,34H2. The fourth-order valence-electron chi connectivity index (χ4n) is 7.27. The molecule has 0 atom stereocenters. The molecule has 0 bridgehead atoms. The number of nitrogens with zero attached hydrogens (tertiary/aromatic N) is 1. The normalized spacial score (nSPS) is 20.7. The van der Waals surface area contributed by atoms with Crippen molar-refractivity contribution < 1.29 is 14.8 Å². The molecule has 1 amide bonds. The fourth-order valence-corrected chi connectivity index (χ4v) is 7.27. The maximum absolute atomic E-state index is 13.8. The van der Waals surface area contributed by atoms with Crippen LogP contribution in [0.3, 0.4) is 0 Å². The van der Waals surface area contributed by atoms with Crippen LogP contribution in [0.2, 0.25) is 0 Å². The summed E-state index contributed by atoms with van der Waals surface area (Å²) >= 11 is 0. The third-order valence-electron chi connectivity index (χ3n) is 9.63. The number of hydrogen-bond donors (Lipinski definition) is 4. The van der Waals surface area contributed by atoms with Gasteiger partial charge in [0.05, 0.1) is 0 Å². The van der Waals surface area contributed by atoms with E-state index in [0.717, 1.165) is 67.4 Å². The van der Waals surface area contributed by atoms with E-state index in [9.17, 15) is 14.8 Å². The van der Waals surface area contributed by atoms with Gasteiger partial charge in [-0.05, 0) is 71.8 Å². The lowest BCUT2D eigenvalue weighted by molar-refractivity contribution is 0.0710. The first-order chi connectivity index (χ1) is 19.0. The van der Waals surface area contributed by atoms with Gasteiger partial charge in [-0.3, -0.25) is 4.79 Å². The second-order valence-electron chi connectivity index (χ2n) is 12.2. The summed E-state index contributed by atoms with van der Waals surface area (Å²) in [6.07, 6.45) is 15.1. The van der Waals surface area contributed by atoms with E-state index in [1.165, 1.54) is 56.9 Å². The molecular formula is C32H46BN3O3. The van der Waals surface area contributed by atoms with Crippen molar-refractivity contribution in [3.8, 4) is 0 Å². The Labute approximate surface area is 234 Å². The maximum atomic E-state index is 13.8. The lowest BCUT2D eigenvalue weighted by Gasteiger charge is -2.42. The first kappa shape index (κ1) is 28.3. The van der Waals surface area contributed by atoms with Gasteiger partial charge in [0.15, 0.2) is 0 Å². The fraction of sp³-hybridized carbons (Fsp3) is 0.594. The van der Waals surface area contributed by atoms with Crippen molar-refractivity contribution >= 4 is 18.5 Å². The molecule has 3 aliphatic rings. The predicted molar refractivity (Wildman–Crippen MR) is 158 cm³/mol. The van der Waals surface area contributed by atoms with Crippen LogP contribution in [0, 0.1) is 0 Å². The van der Waals surface area contributed by atoms with Gasteiger partial charge in [0.1, 0.15) is 0 Å². The Morgan fingerprint density at radius 3 is 2.26 bits per heavy atom. The summed E-state index contributed by atoms with van der Waals surface area (Å²) in [5.41, 5.74) is 11.5. The van der Waals surface area contributed by atoms with E-state index >= 15 is 0 Å². The van der Waals surface area contributed by atoms with Gasteiger partial charge in [-0.2, -0.15) is 0 Å². The molecule has 0 unspecified atom stereocenters. The van der Waals surface area contributed by atoms with Gasteiger partial charge in [-0.1, -0.05) is 81.7 Å². The molecule has 1 saturated heterocycles. The van der Waals surface area contributed by atoms with Gasteiger partial charge in [-0.15, -0.1) is 0 Å². The Balaban J connectivity index is 1.34. The van der Waals surface area contributed by atoms with E-state index in [1.54, 1.807) is 6.07 Å². The number of rotatable bonds is 4. The highest BCUT2D eigenvalue weighted by molar-refractivity contribution is 6.59. The van der Waals surface area contributed by atoms with Crippen molar-refractivity contribution in [2.75, 3.05) is 13.1 Å². The second kappa shape index (κ2) is 13.0. The number of carbonyl (C=O) groups excluding carboxylic acids is 1. The molecular weight excluding hydrogens is 485 g/mol. The SMILES string of the molecule is NCc1cccc(C2CCN(C(=O)c3ccc(B(O)O)c4c3CNC3(CCCCCCCCCC3)C4)CC2)c1. The van der Waals surface area contributed by atoms with Crippen molar-refractivity contribution in [2.45, 2.75) is 108 Å². The van der Waals surface area contributed by atoms with Crippen LogP contribution in [0.1, 0.15) is 116 Å². The van der Waals surface area contributed by atoms with Crippen LogP contribution in [0.5, 0.6) is 0 Å². The largest absolute Gasteiger partial charge is 0.488 e. The van der Waals surface area contributed by atoms with E-state index in [4.69, 9.17) is 5.73 Å². The highest BCUT2D eigenvalue weighted by Gasteiger charge is 2.38. The quantitative estimate of drug-likeness (QED) is 0.445. The van der Waals surface area contributed by atoms with E-state index in [1.807, 2.05) is 11.0 Å². The summed E-state index contributed by atoms with van der Waals surface area (Å²) in [6.45, 7) is 2.61. The molecule has 1 aliphatic carbocycles. The molecule has 39 heavy (non-hydrogen) atoms. The highest BCUT2D eigenvalue weighted by atomic mass is 16.4. The number of hydrogen-bond acceptors (Lipinski definition) is 5. The molecule has 1 spiro atoms. The number of likely N-dealkylation sites (tertiary alicyclic amines) is 1. The number of piperidine rings is 1. The summed E-state index contributed by atoms with van der Waals surface area (Å²) in [4.78, 5) is 15.8. The van der Waals surface area contributed by atoms with Crippen molar-refractivity contribution in [3.05, 3.63) is 64.2 Å². The first-order valence-electron chi connectivity index (χ1n) is 15.3. The molecule has 5 rings (SSSR count). The summed E-state index contributed by atoms with van der Waals surface area (Å²) in [5.74, 6) is 0.513. The molecule has 210 valence electrons. The van der Waals surface area contributed by atoms with Crippen LogP contribution in [0.4, 0.5) is 0 Å². The minimum Gasteiger partial charge on any atom is -0.423 e. The van der Waals surface area contributed by atoms with E-state index in [0.29, 0.717) is 24.5 Å². The number of nitrogens with two attached hydrogens (primary N) is 1. The van der Waals surface area contributed by atoms with Crippen molar-refractivity contribution in [1.82, 2.24) is 10.2 Å². The zero-order valence-electron chi connectivity index (χ0n) is 23.5. The third-order valence-corrected chi connectivity index (χ3v) is 9.63. The van der Waals surface area contributed by atoms with Crippen molar-refractivity contribution in [1.29, 1.82) is 0 Å². The molecule has 7 heteroatoms. The van der Waals surface area contributed by atoms with Crippen LogP contribution in [-0.2, 0) is 19.5 Å². The topological polar surface area (TPSA) is 98.8 Å². The average molecular weight is 532 g/mol. The van der Waals surface area contributed by atoms with Crippen LogP contribution in [-0.4, -0.2) is 46.6 Å². The second-order valence-corrected chi connectivity index (χ2v) is 12.2. The molecule has 2 aromatic rings. The molecule has 2 heterocycles. The van der Waals surface area contributed by atoms with Crippen molar-refractivity contribution in [3.63, 3.8) is 0 Å². The Kier molecular flexibility index (Phi) is 9.44. The van der Waals surface area contributed by atoms with E-state index in [-0.39, 0.29) is 11.4 Å². The molecule has 2 fully saturated rings. The summed E-state index contributed by atoms with van der Waals surface area (Å²) in [7, 11) is -1.53. The molecule has 2 aliphatic heterocycles. The first-order valence-corrected chi connectivity index (χ1v) is 15.3. The lowest BCUT2D eigenvalue weighted by atomic mass is 9.68. The summed E-state index contributed by atoms with van der Waals surface area (Å²) < 4.78 is 0. The number of fused-ring (bicyclic) bond motifs is 1. The van der Waals surface area contributed by atoms with Crippen LogP contribution < -0.4 is 16.5 Å². The van der Waals surface area contributed by atoms with Gasteiger partial charge in [0.2, 0.25) is 0 Å². The van der Waals surface area contributed by atoms with Gasteiger partial charge in [-0.25, -0.2) is 0 Å². The average Bonchev–Trinajstić information content (AvgIpc) is 3.02. The predicted octanol–water partition coefficient (Wildman–Crippen LogP) is 4.14.